The molecule has 0 unspecified atom stereocenters. The molecule has 0 bridgehead atoms. The highest BCUT2D eigenvalue weighted by Gasteiger charge is 2.07. The van der Waals surface area contributed by atoms with E-state index in [0.717, 1.165) is 22.7 Å². The molecular weight excluding hydrogens is 296 g/mol. The highest BCUT2D eigenvalue weighted by atomic mass is 32.1. The van der Waals surface area contributed by atoms with Gasteiger partial charge in [0.25, 0.3) is 0 Å². The second-order valence-corrected chi connectivity index (χ2v) is 6.36. The first-order valence-corrected chi connectivity index (χ1v) is 8.35. The predicted molar refractivity (Wildman–Crippen MR) is 90.8 cm³/mol. The summed E-state index contributed by atoms with van der Waals surface area (Å²) in [4.78, 5) is 17.3. The van der Waals surface area contributed by atoms with Gasteiger partial charge in [0.1, 0.15) is 5.75 Å². The fraction of sp³-hybridized carbons (Fsp3) is 0.412. The Morgan fingerprint density at radius 2 is 2.00 bits per heavy atom. The molecular formula is C17H22N2O2S. The second kappa shape index (κ2) is 7.94. The summed E-state index contributed by atoms with van der Waals surface area (Å²) in [6, 6.07) is 8.07. The van der Waals surface area contributed by atoms with Crippen molar-refractivity contribution in [2.45, 2.75) is 40.0 Å². The molecule has 0 aliphatic heterocycles. The average molecular weight is 318 g/mol. The van der Waals surface area contributed by atoms with Gasteiger partial charge in [-0.05, 0) is 44.4 Å². The summed E-state index contributed by atoms with van der Waals surface area (Å²) in [6.07, 6.45) is 2.14. The van der Waals surface area contributed by atoms with Crippen LogP contribution in [0.3, 0.4) is 0 Å². The van der Waals surface area contributed by atoms with Gasteiger partial charge in [-0.1, -0.05) is 19.1 Å². The van der Waals surface area contributed by atoms with Crippen molar-refractivity contribution in [3.05, 3.63) is 40.4 Å². The van der Waals surface area contributed by atoms with Crippen LogP contribution in [-0.2, 0) is 11.2 Å². The quantitative estimate of drug-likeness (QED) is 0.781. The summed E-state index contributed by atoms with van der Waals surface area (Å²) < 4.78 is 5.64. The third-order valence-corrected chi connectivity index (χ3v) is 4.41. The summed E-state index contributed by atoms with van der Waals surface area (Å²) in [5.74, 6) is 0.836. The van der Waals surface area contributed by atoms with Crippen molar-refractivity contribution in [1.82, 2.24) is 4.98 Å². The molecule has 1 aromatic heterocycles. The number of anilines is 1. The number of carbonyl (C=O) groups is 1. The molecule has 2 aromatic rings. The molecule has 0 saturated heterocycles. The van der Waals surface area contributed by atoms with Crippen LogP contribution in [0, 0.1) is 13.8 Å². The molecule has 2 rings (SSSR count). The van der Waals surface area contributed by atoms with E-state index in [1.54, 1.807) is 0 Å². The molecule has 1 heterocycles. The van der Waals surface area contributed by atoms with Crippen LogP contribution in [0.2, 0.25) is 0 Å². The standard InChI is InChI=1S/C17H22N2O2S/c1-4-14-7-9-15(10-8-14)21-11-5-6-16(20)19-17-18-12(2)13(3)22-17/h7-10H,4-6,11H2,1-3H3,(H,18,19,20). The number of ether oxygens (including phenoxy) is 1. The van der Waals surface area contributed by atoms with Crippen LogP contribution in [0.5, 0.6) is 5.75 Å². The minimum absolute atomic E-state index is 0.0151. The number of thiazole rings is 1. The van der Waals surface area contributed by atoms with Gasteiger partial charge in [0.2, 0.25) is 5.91 Å². The van der Waals surface area contributed by atoms with Crippen LogP contribution in [0.15, 0.2) is 24.3 Å². The Morgan fingerprint density at radius 1 is 1.27 bits per heavy atom. The van der Waals surface area contributed by atoms with Gasteiger partial charge in [0.15, 0.2) is 5.13 Å². The molecule has 118 valence electrons. The lowest BCUT2D eigenvalue weighted by Gasteiger charge is -2.06. The third-order valence-electron chi connectivity index (χ3n) is 3.42. The highest BCUT2D eigenvalue weighted by Crippen LogP contribution is 2.21. The molecule has 0 radical (unpaired) electrons. The minimum Gasteiger partial charge on any atom is -0.494 e. The molecule has 1 amide bonds. The number of nitrogens with zero attached hydrogens (tertiary/aromatic N) is 1. The number of benzene rings is 1. The van der Waals surface area contributed by atoms with Crippen molar-refractivity contribution >= 4 is 22.4 Å². The number of aromatic nitrogens is 1. The fourth-order valence-electron chi connectivity index (χ4n) is 1.95. The first-order chi connectivity index (χ1) is 10.6. The van der Waals surface area contributed by atoms with Crippen molar-refractivity contribution in [3.63, 3.8) is 0 Å². The number of carbonyl (C=O) groups excluding carboxylic acids is 1. The maximum atomic E-state index is 11.8. The van der Waals surface area contributed by atoms with E-state index in [0.29, 0.717) is 24.6 Å². The summed E-state index contributed by atoms with van der Waals surface area (Å²) in [6.45, 7) is 6.61. The Balaban J connectivity index is 1.68. The van der Waals surface area contributed by atoms with E-state index in [9.17, 15) is 4.79 Å². The number of aryl methyl sites for hydroxylation is 3. The van der Waals surface area contributed by atoms with Gasteiger partial charge in [-0.3, -0.25) is 4.79 Å². The first kappa shape index (κ1) is 16.5. The zero-order valence-electron chi connectivity index (χ0n) is 13.3. The topological polar surface area (TPSA) is 51.2 Å². The van der Waals surface area contributed by atoms with Gasteiger partial charge < -0.3 is 10.1 Å². The van der Waals surface area contributed by atoms with E-state index >= 15 is 0 Å². The normalized spacial score (nSPS) is 10.5. The summed E-state index contributed by atoms with van der Waals surface area (Å²) >= 11 is 1.51. The van der Waals surface area contributed by atoms with E-state index in [-0.39, 0.29) is 5.91 Å². The number of nitrogens with one attached hydrogen (secondary N) is 1. The molecule has 1 aromatic carbocycles. The Kier molecular flexibility index (Phi) is 5.95. The van der Waals surface area contributed by atoms with Gasteiger partial charge in [-0.2, -0.15) is 0 Å². The molecule has 5 heteroatoms. The van der Waals surface area contributed by atoms with Crippen LogP contribution in [0.1, 0.15) is 35.9 Å². The number of rotatable bonds is 7. The molecule has 0 spiro atoms. The molecule has 0 saturated carbocycles. The summed E-state index contributed by atoms with van der Waals surface area (Å²) in [7, 11) is 0. The van der Waals surface area contributed by atoms with Crippen molar-refractivity contribution < 1.29 is 9.53 Å². The van der Waals surface area contributed by atoms with Gasteiger partial charge >= 0.3 is 0 Å². The van der Waals surface area contributed by atoms with E-state index in [1.165, 1.54) is 16.9 Å². The Hall–Kier alpha value is -1.88. The van der Waals surface area contributed by atoms with Crippen molar-refractivity contribution in [1.29, 1.82) is 0 Å². The zero-order chi connectivity index (χ0) is 15.9. The molecule has 1 N–H and O–H groups in total. The van der Waals surface area contributed by atoms with Crippen LogP contribution >= 0.6 is 11.3 Å². The number of hydrogen-bond acceptors (Lipinski definition) is 4. The maximum Gasteiger partial charge on any atom is 0.226 e. The molecule has 0 aliphatic rings. The zero-order valence-corrected chi connectivity index (χ0v) is 14.1. The van der Waals surface area contributed by atoms with Crippen LogP contribution in [0.25, 0.3) is 0 Å². The fourth-order valence-corrected chi connectivity index (χ4v) is 2.78. The minimum atomic E-state index is -0.0151. The maximum absolute atomic E-state index is 11.8. The monoisotopic (exact) mass is 318 g/mol. The van der Waals surface area contributed by atoms with Gasteiger partial charge in [-0.25, -0.2) is 4.98 Å². The van der Waals surface area contributed by atoms with Crippen molar-refractivity contribution in [2.24, 2.45) is 0 Å². The van der Waals surface area contributed by atoms with E-state index in [2.05, 4.69) is 29.4 Å². The van der Waals surface area contributed by atoms with Crippen LogP contribution in [-0.4, -0.2) is 17.5 Å². The number of hydrogen-bond donors (Lipinski definition) is 1. The SMILES string of the molecule is CCc1ccc(OCCCC(=O)Nc2nc(C)c(C)s2)cc1. The molecule has 0 aliphatic carbocycles. The number of amides is 1. The van der Waals surface area contributed by atoms with E-state index < -0.39 is 0 Å². The Labute approximate surface area is 135 Å². The van der Waals surface area contributed by atoms with Crippen LogP contribution < -0.4 is 10.1 Å². The smallest absolute Gasteiger partial charge is 0.226 e. The summed E-state index contributed by atoms with van der Waals surface area (Å²) in [5.41, 5.74) is 2.26. The Bertz CT molecular complexity index is 601. The molecule has 0 atom stereocenters. The highest BCUT2D eigenvalue weighted by molar-refractivity contribution is 7.15. The van der Waals surface area contributed by atoms with Gasteiger partial charge in [0, 0.05) is 11.3 Å². The van der Waals surface area contributed by atoms with Crippen molar-refractivity contribution in [2.75, 3.05) is 11.9 Å². The van der Waals surface area contributed by atoms with Crippen LogP contribution in [0.4, 0.5) is 5.13 Å². The molecule has 0 fully saturated rings. The lowest BCUT2D eigenvalue weighted by Crippen LogP contribution is -2.12. The van der Waals surface area contributed by atoms with Gasteiger partial charge in [-0.15, -0.1) is 11.3 Å². The largest absolute Gasteiger partial charge is 0.494 e. The average Bonchev–Trinajstić information content (AvgIpc) is 2.82. The first-order valence-electron chi connectivity index (χ1n) is 7.54. The van der Waals surface area contributed by atoms with Crippen molar-refractivity contribution in [3.8, 4) is 5.75 Å². The lowest BCUT2D eigenvalue weighted by atomic mass is 10.2. The second-order valence-electron chi connectivity index (χ2n) is 5.16. The third kappa shape index (κ3) is 4.84. The summed E-state index contributed by atoms with van der Waals surface area (Å²) in [5, 5.41) is 3.51. The molecule has 4 nitrogen and oxygen atoms in total. The Morgan fingerprint density at radius 3 is 2.59 bits per heavy atom. The lowest BCUT2D eigenvalue weighted by molar-refractivity contribution is -0.116. The van der Waals surface area contributed by atoms with E-state index in [1.807, 2.05) is 26.0 Å². The predicted octanol–water partition coefficient (Wildman–Crippen LogP) is 4.12. The van der Waals surface area contributed by atoms with E-state index in [4.69, 9.17) is 4.74 Å². The van der Waals surface area contributed by atoms with Gasteiger partial charge in [0.05, 0.1) is 12.3 Å². The molecule has 22 heavy (non-hydrogen) atoms.